The van der Waals surface area contributed by atoms with Gasteiger partial charge in [-0.25, -0.2) is 4.57 Å². The van der Waals surface area contributed by atoms with Gasteiger partial charge in [0.25, 0.3) is 0 Å². The lowest BCUT2D eigenvalue weighted by molar-refractivity contribution is -0.276. The third-order valence-electron chi connectivity index (χ3n) is 3.67. The molecule has 0 saturated carbocycles. The molecule has 5 N–H and O–H groups in total. The van der Waals surface area contributed by atoms with Crippen molar-refractivity contribution < 1.29 is 43.7 Å². The first-order valence-electron chi connectivity index (χ1n) is 7.37. The predicted molar refractivity (Wildman–Crippen MR) is 81.1 cm³/mol. The van der Waals surface area contributed by atoms with Gasteiger partial charge in [-0.1, -0.05) is 25.1 Å². The highest BCUT2D eigenvalue weighted by Crippen LogP contribution is 2.37. The molecule has 2 rings (SSSR count). The Morgan fingerprint density at radius 2 is 1.79 bits per heavy atom. The Kier molecular flexibility index (Phi) is 6.35. The third kappa shape index (κ3) is 4.75. The minimum absolute atomic E-state index is 0.433. The molecule has 1 fully saturated rings. The number of para-hydroxylation sites is 1. The number of phosphoric acid groups is 1. The number of rotatable bonds is 6. The number of hydrogen-bond acceptors (Lipinski definition) is 7. The minimum Gasteiger partial charge on any atom is -0.462 e. The maximum atomic E-state index is 10.8. The zero-order valence-electron chi connectivity index (χ0n) is 12.9. The molecule has 1 heterocycles. The lowest BCUT2D eigenvalue weighted by Gasteiger charge is -2.40. The molecule has 0 aliphatic carbocycles. The van der Waals surface area contributed by atoms with Gasteiger partial charge in [0.2, 0.25) is 6.29 Å². The average Bonchev–Trinajstić information content (AvgIpc) is 2.54. The topological polar surface area (TPSA) is 146 Å². The van der Waals surface area contributed by atoms with Crippen LogP contribution in [0.3, 0.4) is 0 Å². The number of phosphoric ester groups is 1. The van der Waals surface area contributed by atoms with Crippen LogP contribution in [-0.4, -0.2) is 62.4 Å². The molecule has 24 heavy (non-hydrogen) atoms. The summed E-state index contributed by atoms with van der Waals surface area (Å²) in [6, 6.07) is 7.03. The van der Waals surface area contributed by atoms with Crippen LogP contribution in [0, 0.1) is 0 Å². The van der Waals surface area contributed by atoms with Gasteiger partial charge in [0.05, 0.1) is 6.61 Å². The van der Waals surface area contributed by atoms with E-state index in [2.05, 4.69) is 4.52 Å². The van der Waals surface area contributed by atoms with E-state index in [-0.39, 0.29) is 0 Å². The van der Waals surface area contributed by atoms with Crippen LogP contribution in [0.5, 0.6) is 5.75 Å². The number of benzene rings is 1. The zero-order valence-corrected chi connectivity index (χ0v) is 13.8. The summed E-state index contributed by atoms with van der Waals surface area (Å²) in [5.41, 5.74) is 0.844. The number of aryl methyl sites for hydroxylation is 1. The van der Waals surface area contributed by atoms with E-state index >= 15 is 0 Å². The molecule has 9 nitrogen and oxygen atoms in total. The summed E-state index contributed by atoms with van der Waals surface area (Å²) < 4.78 is 26.0. The second-order valence-electron chi connectivity index (χ2n) is 5.38. The Morgan fingerprint density at radius 1 is 1.12 bits per heavy atom. The van der Waals surface area contributed by atoms with E-state index in [1.54, 1.807) is 12.1 Å². The van der Waals surface area contributed by atoms with E-state index in [1.165, 1.54) is 0 Å². The van der Waals surface area contributed by atoms with Gasteiger partial charge >= 0.3 is 7.82 Å². The summed E-state index contributed by atoms with van der Waals surface area (Å²) in [7, 11) is -4.77. The molecule has 0 radical (unpaired) electrons. The summed E-state index contributed by atoms with van der Waals surface area (Å²) in [5.74, 6) is 0.433. The van der Waals surface area contributed by atoms with Gasteiger partial charge in [0, 0.05) is 0 Å². The SMILES string of the molecule is CCc1ccccc1O[C@@H]1O[C@H](COP(=O)(O)O)[C@@H](O)[C@H](O)[C@H]1O. The molecule has 136 valence electrons. The summed E-state index contributed by atoms with van der Waals surface area (Å²) in [6.45, 7) is 1.24. The van der Waals surface area contributed by atoms with Gasteiger partial charge in [0.1, 0.15) is 30.2 Å². The highest BCUT2D eigenvalue weighted by molar-refractivity contribution is 7.46. The van der Waals surface area contributed by atoms with Crippen LogP contribution >= 0.6 is 7.82 Å². The van der Waals surface area contributed by atoms with Gasteiger partial charge in [-0.05, 0) is 18.1 Å². The van der Waals surface area contributed by atoms with Gasteiger partial charge < -0.3 is 34.6 Å². The Morgan fingerprint density at radius 3 is 2.42 bits per heavy atom. The molecule has 1 aliphatic rings. The molecule has 10 heteroatoms. The summed E-state index contributed by atoms with van der Waals surface area (Å²) in [5, 5.41) is 29.8. The predicted octanol–water partition coefficient (Wildman–Crippen LogP) is -0.455. The van der Waals surface area contributed by atoms with Crippen molar-refractivity contribution in [3.63, 3.8) is 0 Å². The van der Waals surface area contributed by atoms with E-state index < -0.39 is 45.1 Å². The lowest BCUT2D eigenvalue weighted by atomic mass is 9.99. The first-order chi connectivity index (χ1) is 11.2. The van der Waals surface area contributed by atoms with Crippen LogP contribution in [0.4, 0.5) is 0 Å². The van der Waals surface area contributed by atoms with Crippen molar-refractivity contribution in [2.45, 2.75) is 44.1 Å². The van der Waals surface area contributed by atoms with Gasteiger partial charge in [-0.15, -0.1) is 0 Å². The van der Waals surface area contributed by atoms with Gasteiger partial charge in [0.15, 0.2) is 0 Å². The van der Waals surface area contributed by atoms with Crippen LogP contribution in [0.15, 0.2) is 24.3 Å². The minimum atomic E-state index is -4.77. The highest BCUT2D eigenvalue weighted by atomic mass is 31.2. The van der Waals surface area contributed by atoms with Crippen molar-refractivity contribution in [1.29, 1.82) is 0 Å². The second-order valence-corrected chi connectivity index (χ2v) is 6.62. The molecule has 1 saturated heterocycles. The van der Waals surface area contributed by atoms with E-state index in [4.69, 9.17) is 19.3 Å². The van der Waals surface area contributed by atoms with E-state index in [0.29, 0.717) is 12.2 Å². The lowest BCUT2D eigenvalue weighted by Crippen LogP contribution is -2.60. The van der Waals surface area contributed by atoms with E-state index in [1.807, 2.05) is 19.1 Å². The fourth-order valence-electron chi connectivity index (χ4n) is 2.36. The molecule has 0 unspecified atom stereocenters. The standard InChI is InChI=1S/C14H21O9P/c1-2-8-5-3-4-6-9(8)22-14-13(17)12(16)11(15)10(23-14)7-21-24(18,19)20/h3-6,10-17H,2,7H2,1H3,(H2,18,19,20)/t10-,11-,12+,13-,14-/m1/s1. The van der Waals surface area contributed by atoms with Crippen molar-refractivity contribution in [3.05, 3.63) is 29.8 Å². The summed E-state index contributed by atoms with van der Waals surface area (Å²) in [6.07, 6.45) is -6.71. The summed E-state index contributed by atoms with van der Waals surface area (Å²) in [4.78, 5) is 17.5. The molecule has 0 aromatic heterocycles. The van der Waals surface area contributed by atoms with Crippen LogP contribution in [-0.2, 0) is 20.2 Å². The third-order valence-corrected chi connectivity index (χ3v) is 4.16. The average molecular weight is 364 g/mol. The van der Waals surface area contributed by atoms with Crippen molar-refractivity contribution in [1.82, 2.24) is 0 Å². The second kappa shape index (κ2) is 7.90. The monoisotopic (exact) mass is 364 g/mol. The van der Waals surface area contributed by atoms with Crippen molar-refractivity contribution in [3.8, 4) is 5.75 Å². The fraction of sp³-hybridized carbons (Fsp3) is 0.571. The van der Waals surface area contributed by atoms with Gasteiger partial charge in [-0.2, -0.15) is 0 Å². The Labute approximate surface area is 138 Å². The smallest absolute Gasteiger partial charge is 0.462 e. The van der Waals surface area contributed by atoms with E-state index in [9.17, 15) is 19.9 Å². The van der Waals surface area contributed by atoms with Crippen LogP contribution < -0.4 is 4.74 Å². The number of aliphatic hydroxyl groups is 3. The molecule has 0 bridgehead atoms. The Balaban J connectivity index is 2.12. The Hall–Kier alpha value is -1.03. The fourth-order valence-corrected chi connectivity index (χ4v) is 2.70. The van der Waals surface area contributed by atoms with Crippen molar-refractivity contribution in [2.75, 3.05) is 6.61 Å². The van der Waals surface area contributed by atoms with Crippen LogP contribution in [0.1, 0.15) is 12.5 Å². The molecular weight excluding hydrogens is 343 g/mol. The van der Waals surface area contributed by atoms with Crippen LogP contribution in [0.2, 0.25) is 0 Å². The van der Waals surface area contributed by atoms with Crippen LogP contribution in [0.25, 0.3) is 0 Å². The molecular formula is C14H21O9P. The quantitative estimate of drug-likeness (QED) is 0.423. The number of hydrogen-bond donors (Lipinski definition) is 5. The molecule has 0 spiro atoms. The molecule has 1 aromatic rings. The molecule has 1 aromatic carbocycles. The van der Waals surface area contributed by atoms with E-state index in [0.717, 1.165) is 5.56 Å². The van der Waals surface area contributed by atoms with Gasteiger partial charge in [-0.3, -0.25) is 4.52 Å². The first kappa shape index (κ1) is 19.3. The highest BCUT2D eigenvalue weighted by Gasteiger charge is 2.45. The largest absolute Gasteiger partial charge is 0.469 e. The maximum absolute atomic E-state index is 10.8. The first-order valence-corrected chi connectivity index (χ1v) is 8.90. The zero-order chi connectivity index (χ0) is 17.9. The molecule has 5 atom stereocenters. The van der Waals surface area contributed by atoms with Crippen molar-refractivity contribution >= 4 is 7.82 Å². The maximum Gasteiger partial charge on any atom is 0.469 e. The number of aliphatic hydroxyl groups excluding tert-OH is 3. The normalized spacial score (nSPS) is 31.0. The number of ether oxygens (including phenoxy) is 2. The molecule has 0 amide bonds. The Bertz CT molecular complexity index is 589. The van der Waals surface area contributed by atoms with Crippen molar-refractivity contribution in [2.24, 2.45) is 0 Å². The summed E-state index contributed by atoms with van der Waals surface area (Å²) >= 11 is 0. The molecule has 1 aliphatic heterocycles.